The fraction of sp³-hybridized carbons (Fsp3) is 0.421. The van der Waals surface area contributed by atoms with Crippen LogP contribution in [0.2, 0.25) is 0 Å². The molecule has 0 fully saturated rings. The third kappa shape index (κ3) is 5.62. The Morgan fingerprint density at radius 1 is 1.09 bits per heavy atom. The lowest BCUT2D eigenvalue weighted by molar-refractivity contribution is -0.0643. The Labute approximate surface area is 264 Å². The smallest absolute Gasteiger partial charge is 0.186 e. The first-order chi connectivity index (χ1) is 20.5. The molecule has 44 heavy (non-hydrogen) atoms. The number of aryl methyl sites for hydroxylation is 1. The van der Waals surface area contributed by atoms with Crippen LogP contribution in [0.5, 0.6) is 5.75 Å². The van der Waals surface area contributed by atoms with E-state index in [2.05, 4.69) is 70.9 Å². The van der Waals surface area contributed by atoms with Gasteiger partial charge in [0.25, 0.3) is 0 Å². The molecule has 6 nitrogen and oxygen atoms in total. The molecule has 0 spiro atoms. The number of fused-ring (bicyclic) bond motifs is 2. The molecule has 5 N–H and O–H groups in total. The standard InChI is InChI=1S/C38H51N3O3/c1-23-12-14-31(15-13-23)44-29(7)40-21-30-19-33(41(10)11)32-20-36(8)22-37(9,16-17-42)38(43,24(2)18-25(3)39)28(6)35(36)27(5)34(32)26(30)4/h12-15,19,40,42-43H,2-3,5,7,16-18,20-22,39H2,1,4,6,8-11H3/t36-,37+,38+/m0/s1. The lowest BCUT2D eigenvalue weighted by atomic mass is 9.47. The van der Waals surface area contributed by atoms with Crippen molar-refractivity contribution in [2.45, 2.75) is 72.4 Å². The molecule has 0 heterocycles. The van der Waals surface area contributed by atoms with Crippen LogP contribution in [0.25, 0.3) is 5.57 Å². The largest absolute Gasteiger partial charge is 0.442 e. The van der Waals surface area contributed by atoms with Gasteiger partial charge in [-0.2, -0.15) is 0 Å². The molecular weight excluding hydrogens is 546 g/mol. The van der Waals surface area contributed by atoms with Crippen LogP contribution in [-0.4, -0.2) is 36.5 Å². The van der Waals surface area contributed by atoms with Crippen molar-refractivity contribution in [1.29, 1.82) is 0 Å². The van der Waals surface area contributed by atoms with Crippen molar-refractivity contribution in [2.24, 2.45) is 16.6 Å². The van der Waals surface area contributed by atoms with Crippen molar-refractivity contribution in [1.82, 2.24) is 5.32 Å². The van der Waals surface area contributed by atoms with Gasteiger partial charge < -0.3 is 30.9 Å². The van der Waals surface area contributed by atoms with Gasteiger partial charge in [-0.1, -0.05) is 51.3 Å². The molecule has 2 aliphatic carbocycles. The first kappa shape index (κ1) is 33.2. The minimum absolute atomic E-state index is 0.0385. The van der Waals surface area contributed by atoms with Gasteiger partial charge in [0, 0.05) is 50.5 Å². The lowest BCUT2D eigenvalue weighted by Crippen LogP contribution is -2.57. The van der Waals surface area contributed by atoms with Gasteiger partial charge in [0.15, 0.2) is 5.88 Å². The summed E-state index contributed by atoms with van der Waals surface area (Å²) >= 11 is 0. The van der Waals surface area contributed by atoms with E-state index in [1.165, 1.54) is 11.1 Å². The van der Waals surface area contributed by atoms with Crippen LogP contribution in [0, 0.1) is 24.7 Å². The second-order valence-electron chi connectivity index (χ2n) is 13.7. The minimum atomic E-state index is -1.38. The number of ether oxygens (including phenoxy) is 1. The molecule has 0 saturated heterocycles. The summed E-state index contributed by atoms with van der Waals surface area (Å²) in [5, 5.41) is 26.2. The van der Waals surface area contributed by atoms with Crippen LogP contribution in [0.3, 0.4) is 0 Å². The molecule has 0 saturated carbocycles. The van der Waals surface area contributed by atoms with Gasteiger partial charge >= 0.3 is 0 Å². The average Bonchev–Trinajstić information content (AvgIpc) is 2.91. The SMILES string of the molecule is C=C(N)CC(=C)[C@@]1(O)C(C)=C2C(=C)c3c(C)c(CNC(=C)Oc4ccc(C)cc4)cc(N(C)C)c3C[C@@]2(C)C[C@@]1(C)CCO. The number of allylic oxidation sites excluding steroid dienone is 3. The fourth-order valence-electron chi connectivity index (χ4n) is 8.05. The second kappa shape index (κ2) is 12.0. The molecule has 0 aliphatic heterocycles. The Morgan fingerprint density at radius 2 is 1.73 bits per heavy atom. The zero-order chi connectivity index (χ0) is 32.8. The van der Waals surface area contributed by atoms with Crippen molar-refractivity contribution >= 4 is 11.3 Å². The number of hydrogen-bond donors (Lipinski definition) is 4. The zero-order valence-electron chi connectivity index (χ0n) is 27.8. The highest BCUT2D eigenvalue weighted by Gasteiger charge is 2.59. The summed E-state index contributed by atoms with van der Waals surface area (Å²) < 4.78 is 5.94. The van der Waals surface area contributed by atoms with Gasteiger partial charge in [-0.05, 0) is 115 Å². The maximum Gasteiger partial charge on any atom is 0.186 e. The molecule has 4 rings (SSSR count). The maximum atomic E-state index is 12.6. The third-order valence-corrected chi connectivity index (χ3v) is 9.96. The molecule has 6 heteroatoms. The molecule has 3 atom stereocenters. The highest BCUT2D eigenvalue weighted by Crippen LogP contribution is 2.64. The van der Waals surface area contributed by atoms with Crippen LogP contribution >= 0.6 is 0 Å². The number of anilines is 1. The van der Waals surface area contributed by atoms with E-state index in [4.69, 9.17) is 17.0 Å². The molecule has 2 aliphatic rings. The Kier molecular flexibility index (Phi) is 9.03. The normalized spacial score (nSPS) is 24.3. The van der Waals surface area contributed by atoms with Crippen LogP contribution in [0.15, 0.2) is 84.9 Å². The van der Waals surface area contributed by atoms with Gasteiger partial charge in [0.05, 0.1) is 0 Å². The molecule has 0 aromatic heterocycles. The van der Waals surface area contributed by atoms with Crippen molar-refractivity contribution in [3.8, 4) is 5.75 Å². The lowest BCUT2D eigenvalue weighted by Gasteiger charge is -2.58. The van der Waals surface area contributed by atoms with Crippen molar-refractivity contribution in [2.75, 3.05) is 25.6 Å². The molecular formula is C38H51N3O3. The van der Waals surface area contributed by atoms with Crippen molar-refractivity contribution in [3.63, 3.8) is 0 Å². The number of benzene rings is 2. The fourth-order valence-corrected chi connectivity index (χ4v) is 8.05. The van der Waals surface area contributed by atoms with E-state index in [0.29, 0.717) is 43.0 Å². The maximum absolute atomic E-state index is 12.6. The summed E-state index contributed by atoms with van der Waals surface area (Å²) in [4.78, 5) is 2.17. The predicted molar refractivity (Wildman–Crippen MR) is 183 cm³/mol. The molecule has 0 radical (unpaired) electrons. The quantitative estimate of drug-likeness (QED) is 0.167. The molecule has 2 aromatic rings. The van der Waals surface area contributed by atoms with Gasteiger partial charge in [0.1, 0.15) is 11.4 Å². The molecule has 236 valence electrons. The van der Waals surface area contributed by atoms with Crippen LogP contribution < -0.4 is 20.7 Å². The van der Waals surface area contributed by atoms with Crippen LogP contribution in [0.1, 0.15) is 67.9 Å². The van der Waals surface area contributed by atoms with E-state index >= 15 is 0 Å². The Hall–Kier alpha value is -3.74. The molecule has 0 unspecified atom stereocenters. The third-order valence-electron chi connectivity index (χ3n) is 9.96. The summed E-state index contributed by atoms with van der Waals surface area (Å²) in [7, 11) is 4.14. The number of nitrogens with zero attached hydrogens (tertiary/aromatic N) is 1. The van der Waals surface area contributed by atoms with E-state index < -0.39 is 11.0 Å². The van der Waals surface area contributed by atoms with Gasteiger partial charge in [-0.25, -0.2) is 0 Å². The average molecular weight is 598 g/mol. The number of rotatable bonds is 11. The molecule has 0 amide bonds. The van der Waals surface area contributed by atoms with Crippen molar-refractivity contribution < 1.29 is 14.9 Å². The zero-order valence-corrected chi connectivity index (χ0v) is 27.8. The minimum Gasteiger partial charge on any atom is -0.442 e. The summed E-state index contributed by atoms with van der Waals surface area (Å²) in [6.07, 6.45) is 2.17. The van der Waals surface area contributed by atoms with Crippen molar-refractivity contribution in [3.05, 3.63) is 113 Å². The highest BCUT2D eigenvalue weighted by molar-refractivity contribution is 5.89. The van der Waals surface area contributed by atoms with Crippen LogP contribution in [-0.2, 0) is 13.0 Å². The first-order valence-corrected chi connectivity index (χ1v) is 15.3. The number of hydrogen-bond acceptors (Lipinski definition) is 6. The number of nitrogens with two attached hydrogens (primary N) is 1. The topological polar surface area (TPSA) is 91.0 Å². The monoisotopic (exact) mass is 597 g/mol. The molecule has 2 aromatic carbocycles. The highest BCUT2D eigenvalue weighted by atomic mass is 16.5. The Bertz CT molecular complexity index is 1550. The summed E-state index contributed by atoms with van der Waals surface area (Å²) in [5.41, 5.74) is 14.5. The number of aliphatic hydroxyl groups is 2. The molecule has 0 bridgehead atoms. The summed E-state index contributed by atoms with van der Waals surface area (Å²) in [5.74, 6) is 1.21. The number of nitrogens with one attached hydrogen (secondary N) is 1. The predicted octanol–water partition coefficient (Wildman–Crippen LogP) is 6.84. The summed E-state index contributed by atoms with van der Waals surface area (Å²) in [6, 6.07) is 10.1. The van der Waals surface area contributed by atoms with Gasteiger partial charge in [-0.3, -0.25) is 0 Å². The van der Waals surface area contributed by atoms with Gasteiger partial charge in [0.2, 0.25) is 0 Å². The first-order valence-electron chi connectivity index (χ1n) is 15.3. The van der Waals surface area contributed by atoms with Crippen LogP contribution in [0.4, 0.5) is 5.69 Å². The van der Waals surface area contributed by atoms with E-state index in [1.807, 2.05) is 38.1 Å². The summed E-state index contributed by atoms with van der Waals surface area (Å²) in [6.45, 7) is 28.0. The Morgan fingerprint density at radius 3 is 2.30 bits per heavy atom. The Balaban J connectivity index is 1.81. The van der Waals surface area contributed by atoms with E-state index in [9.17, 15) is 10.2 Å². The van der Waals surface area contributed by atoms with E-state index in [0.717, 1.165) is 51.3 Å². The van der Waals surface area contributed by atoms with Gasteiger partial charge in [-0.15, -0.1) is 0 Å². The van der Waals surface area contributed by atoms with E-state index in [-0.39, 0.29) is 12.0 Å². The van der Waals surface area contributed by atoms with E-state index in [1.54, 1.807) is 0 Å². The number of aliphatic hydroxyl groups excluding tert-OH is 1. The second-order valence-corrected chi connectivity index (χ2v) is 13.7.